The van der Waals surface area contributed by atoms with Crippen LogP contribution in [0.2, 0.25) is 0 Å². The van der Waals surface area contributed by atoms with Crippen molar-refractivity contribution in [2.24, 2.45) is 7.05 Å². The monoisotopic (exact) mass is 333 g/mol. The van der Waals surface area contributed by atoms with Crippen molar-refractivity contribution in [1.82, 2.24) is 25.7 Å². The minimum absolute atomic E-state index is 0.180. The Bertz CT molecular complexity index is 572. The van der Waals surface area contributed by atoms with Crippen LogP contribution in [0.5, 0.6) is 0 Å². The highest BCUT2D eigenvalue weighted by molar-refractivity contribution is 5.87. The lowest BCUT2D eigenvalue weighted by Gasteiger charge is -2.22. The van der Waals surface area contributed by atoms with E-state index in [2.05, 4.69) is 15.7 Å². The highest BCUT2D eigenvalue weighted by Crippen LogP contribution is 2.32. The second-order valence-corrected chi connectivity index (χ2v) is 5.38. The van der Waals surface area contributed by atoms with E-state index in [9.17, 15) is 22.8 Å². The predicted octanol–water partition coefficient (Wildman–Crippen LogP) is 0.991. The highest BCUT2D eigenvalue weighted by atomic mass is 19.4. The molecule has 2 atom stereocenters. The van der Waals surface area contributed by atoms with Crippen LogP contribution in [0.1, 0.15) is 30.9 Å². The molecule has 7 nitrogen and oxygen atoms in total. The van der Waals surface area contributed by atoms with Gasteiger partial charge in [-0.15, -0.1) is 0 Å². The van der Waals surface area contributed by atoms with E-state index in [1.807, 2.05) is 5.32 Å². The van der Waals surface area contributed by atoms with Crippen LogP contribution >= 0.6 is 0 Å². The number of nitrogens with one attached hydrogen (secondary N) is 3. The topological polar surface area (TPSA) is 88.0 Å². The van der Waals surface area contributed by atoms with Crippen molar-refractivity contribution >= 4 is 11.9 Å². The van der Waals surface area contributed by atoms with E-state index in [0.29, 0.717) is 19.4 Å². The molecule has 0 aliphatic carbocycles. The van der Waals surface area contributed by atoms with Crippen molar-refractivity contribution in [3.63, 3.8) is 0 Å². The summed E-state index contributed by atoms with van der Waals surface area (Å²) < 4.78 is 40.6. The molecular formula is C13H18F3N5O2. The Hall–Kier alpha value is -2.26. The van der Waals surface area contributed by atoms with Gasteiger partial charge in [0.05, 0.1) is 6.20 Å². The maximum Gasteiger partial charge on any atom is 0.413 e. The number of alkyl halides is 3. The van der Waals surface area contributed by atoms with Crippen molar-refractivity contribution in [2.75, 3.05) is 6.54 Å². The van der Waals surface area contributed by atoms with Gasteiger partial charge >= 0.3 is 12.2 Å². The number of urea groups is 1. The van der Waals surface area contributed by atoms with Crippen molar-refractivity contribution in [1.29, 1.82) is 0 Å². The highest BCUT2D eigenvalue weighted by Gasteiger charge is 2.43. The first-order valence-corrected chi connectivity index (χ1v) is 7.17. The number of carbonyl (C=O) groups is 2. The molecule has 23 heavy (non-hydrogen) atoms. The number of carbonyl (C=O) groups excluding carboxylic acids is 2. The van der Waals surface area contributed by atoms with Gasteiger partial charge in [-0.25, -0.2) is 4.79 Å². The molecule has 1 saturated heterocycles. The smallest absolute Gasteiger partial charge is 0.354 e. The van der Waals surface area contributed by atoms with E-state index < -0.39 is 24.3 Å². The lowest BCUT2D eigenvalue weighted by atomic mass is 10.1. The molecule has 2 heterocycles. The minimum atomic E-state index is -4.67. The number of halogens is 3. The summed E-state index contributed by atoms with van der Waals surface area (Å²) in [6.45, 7) is 0.499. The molecule has 1 aliphatic heterocycles. The van der Waals surface area contributed by atoms with Crippen LogP contribution in [0.25, 0.3) is 0 Å². The first-order valence-electron chi connectivity index (χ1n) is 7.17. The van der Waals surface area contributed by atoms with E-state index in [1.54, 1.807) is 0 Å². The Kier molecular flexibility index (Phi) is 5.12. The van der Waals surface area contributed by atoms with Crippen LogP contribution in [0.15, 0.2) is 12.4 Å². The van der Waals surface area contributed by atoms with Crippen LogP contribution in [-0.4, -0.2) is 40.5 Å². The molecule has 128 valence electrons. The summed E-state index contributed by atoms with van der Waals surface area (Å²) in [5.41, 5.74) is -0.180. The molecule has 3 N–H and O–H groups in total. The molecule has 1 aromatic heterocycles. The zero-order chi connectivity index (χ0) is 17.0. The fourth-order valence-electron chi connectivity index (χ4n) is 2.35. The Labute approximate surface area is 130 Å². The number of hydrogen-bond donors (Lipinski definition) is 3. The summed E-state index contributed by atoms with van der Waals surface area (Å²) >= 11 is 0. The molecule has 3 amide bonds. The van der Waals surface area contributed by atoms with E-state index in [0.717, 1.165) is 12.6 Å². The molecule has 1 aliphatic rings. The van der Waals surface area contributed by atoms with E-state index in [1.165, 1.54) is 17.9 Å². The van der Waals surface area contributed by atoms with Gasteiger partial charge in [-0.05, 0) is 19.3 Å². The van der Waals surface area contributed by atoms with Gasteiger partial charge in [0.15, 0.2) is 6.04 Å². The van der Waals surface area contributed by atoms with E-state index in [4.69, 9.17) is 0 Å². The van der Waals surface area contributed by atoms with Crippen LogP contribution in [0.3, 0.4) is 0 Å². The van der Waals surface area contributed by atoms with Gasteiger partial charge in [0.1, 0.15) is 6.04 Å². The first-order chi connectivity index (χ1) is 10.8. The second kappa shape index (κ2) is 6.88. The maximum atomic E-state index is 13.1. The first kappa shape index (κ1) is 17.1. The Morgan fingerprint density at radius 3 is 2.83 bits per heavy atom. The van der Waals surface area contributed by atoms with Crippen LogP contribution < -0.4 is 16.0 Å². The van der Waals surface area contributed by atoms with Gasteiger partial charge in [-0.2, -0.15) is 18.3 Å². The normalized spacial score (nSPS) is 20.3. The van der Waals surface area contributed by atoms with Gasteiger partial charge in [0.2, 0.25) is 5.91 Å². The summed E-state index contributed by atoms with van der Waals surface area (Å²) in [4.78, 5) is 23.6. The molecule has 0 radical (unpaired) electrons. The third-order valence-corrected chi connectivity index (χ3v) is 3.50. The molecule has 2 rings (SSSR count). The van der Waals surface area contributed by atoms with Gasteiger partial charge in [-0.1, -0.05) is 0 Å². The molecule has 10 heteroatoms. The standard InChI is InChI=1S/C13H18F3N5O2/c1-21-7-8(6-18-21)10(13(14,15)16)20-12(23)19-9-4-2-3-5-17-11(9)22/h6-7,9-10H,2-5H2,1H3,(H,17,22)(H2,19,20,23). The van der Waals surface area contributed by atoms with E-state index >= 15 is 0 Å². The number of aryl methyl sites for hydroxylation is 1. The van der Waals surface area contributed by atoms with Crippen molar-refractivity contribution in [3.05, 3.63) is 18.0 Å². The largest absolute Gasteiger partial charge is 0.413 e. The molecule has 0 spiro atoms. The summed E-state index contributed by atoms with van der Waals surface area (Å²) in [6.07, 6.45) is -0.593. The summed E-state index contributed by atoms with van der Waals surface area (Å²) in [7, 11) is 1.48. The number of nitrogens with zero attached hydrogens (tertiary/aromatic N) is 2. The average molecular weight is 333 g/mol. The van der Waals surface area contributed by atoms with Crippen molar-refractivity contribution in [3.8, 4) is 0 Å². The van der Waals surface area contributed by atoms with Crippen molar-refractivity contribution in [2.45, 2.75) is 37.5 Å². The molecule has 2 unspecified atom stereocenters. The van der Waals surface area contributed by atoms with Crippen LogP contribution in [0.4, 0.5) is 18.0 Å². The number of amides is 3. The number of hydrogen-bond acceptors (Lipinski definition) is 3. The fraction of sp³-hybridized carbons (Fsp3) is 0.615. The SMILES string of the molecule is Cn1cc(C(NC(=O)NC2CCCCNC2=O)C(F)(F)F)cn1. The lowest BCUT2D eigenvalue weighted by Crippen LogP contribution is -2.51. The molecule has 0 aromatic carbocycles. The van der Waals surface area contributed by atoms with Crippen molar-refractivity contribution < 1.29 is 22.8 Å². The lowest BCUT2D eigenvalue weighted by molar-refractivity contribution is -0.155. The molecule has 1 aromatic rings. The number of aromatic nitrogens is 2. The Balaban J connectivity index is 2.04. The summed E-state index contributed by atoms with van der Waals surface area (Å²) in [5, 5.41) is 10.4. The summed E-state index contributed by atoms with van der Waals surface area (Å²) in [5.74, 6) is -0.386. The number of rotatable bonds is 3. The van der Waals surface area contributed by atoms with Crippen LogP contribution in [-0.2, 0) is 11.8 Å². The second-order valence-electron chi connectivity index (χ2n) is 5.38. The third kappa shape index (κ3) is 4.60. The molecule has 1 fully saturated rings. The fourth-order valence-corrected chi connectivity index (χ4v) is 2.35. The van der Waals surface area contributed by atoms with Crippen LogP contribution in [0, 0.1) is 0 Å². The minimum Gasteiger partial charge on any atom is -0.354 e. The Morgan fingerprint density at radius 1 is 1.48 bits per heavy atom. The molecular weight excluding hydrogens is 315 g/mol. The quantitative estimate of drug-likeness (QED) is 0.771. The Morgan fingerprint density at radius 2 is 2.22 bits per heavy atom. The molecule has 0 bridgehead atoms. The van der Waals surface area contributed by atoms with Gasteiger partial charge < -0.3 is 16.0 Å². The zero-order valence-corrected chi connectivity index (χ0v) is 12.5. The van der Waals surface area contributed by atoms with Gasteiger partial charge in [0, 0.05) is 25.4 Å². The van der Waals surface area contributed by atoms with E-state index in [-0.39, 0.29) is 11.5 Å². The molecule has 0 saturated carbocycles. The zero-order valence-electron chi connectivity index (χ0n) is 12.5. The predicted molar refractivity (Wildman–Crippen MR) is 74.3 cm³/mol. The third-order valence-electron chi connectivity index (χ3n) is 3.50. The summed E-state index contributed by atoms with van der Waals surface area (Å²) in [6, 6.07) is -4.07. The van der Waals surface area contributed by atoms with Gasteiger partial charge in [-0.3, -0.25) is 9.48 Å². The average Bonchev–Trinajstić information content (AvgIpc) is 2.77. The van der Waals surface area contributed by atoms with Gasteiger partial charge in [0.25, 0.3) is 0 Å². The maximum absolute atomic E-state index is 13.1.